The van der Waals surface area contributed by atoms with Gasteiger partial charge >= 0.3 is 0 Å². The van der Waals surface area contributed by atoms with Crippen LogP contribution in [0.1, 0.15) is 92.0 Å². The summed E-state index contributed by atoms with van der Waals surface area (Å²) in [5.41, 5.74) is 11.6. The largest absolute Gasteiger partial charge is 0.344 e. The van der Waals surface area contributed by atoms with Gasteiger partial charge in [0.05, 0.1) is 11.1 Å². The zero-order valence-electron chi connectivity index (χ0n) is 24.2. The number of para-hydroxylation sites is 2. The Hall–Kier alpha value is -3.72. The van der Waals surface area contributed by atoms with Gasteiger partial charge in [-0.1, -0.05) is 93.6 Å². The van der Waals surface area contributed by atoms with E-state index in [9.17, 15) is 4.79 Å². The molecule has 0 saturated carbocycles. The maximum absolute atomic E-state index is 13.0. The number of hydrogen-bond donors (Lipinski definition) is 0. The molecule has 3 heteroatoms. The van der Waals surface area contributed by atoms with E-state index in [1.165, 1.54) is 83.2 Å². The summed E-state index contributed by atoms with van der Waals surface area (Å²) in [6.45, 7) is 9.43. The molecular formula is C36H41N2O+. The Kier molecular flexibility index (Phi) is 7.97. The quantitative estimate of drug-likeness (QED) is 0.117. The average Bonchev–Trinajstić information content (AvgIpc) is 3.37. The molecule has 0 N–H and O–H groups in total. The van der Waals surface area contributed by atoms with E-state index in [-0.39, 0.29) is 5.78 Å². The Morgan fingerprint density at radius 2 is 1.44 bits per heavy atom. The smallest absolute Gasteiger partial charge is 0.213 e. The second-order valence-electron chi connectivity index (χ2n) is 10.9. The number of carbonyl (C=O) groups excluding carboxylic acids is 1. The zero-order valence-corrected chi connectivity index (χ0v) is 24.2. The topological polar surface area (TPSA) is 25.0 Å². The standard InChI is InChI=1S/C36H41N2O/c1-6-7-8-9-10-17-24-38-26(3)35(31-21-14-16-23-33(31)38)36(29-19-12-11-18-28(29)27(4)39)34-25(2)37(5)32-22-15-13-20-30(32)34/h11-16,18-23H,6-10,17,24H2,1-5H3/q+1. The highest BCUT2D eigenvalue weighted by Crippen LogP contribution is 2.45. The Labute approximate surface area is 233 Å². The molecule has 2 heterocycles. The molecule has 3 aromatic carbocycles. The van der Waals surface area contributed by atoms with E-state index in [2.05, 4.69) is 97.6 Å². The Balaban J connectivity index is 1.77. The third kappa shape index (κ3) is 4.91. The summed E-state index contributed by atoms with van der Waals surface area (Å²) in [6, 6.07) is 25.6. The molecule has 0 saturated heterocycles. The predicted octanol–water partition coefficient (Wildman–Crippen LogP) is 9.22. The van der Waals surface area contributed by atoms with Crippen LogP contribution in [0.15, 0.2) is 72.8 Å². The maximum Gasteiger partial charge on any atom is 0.213 e. The van der Waals surface area contributed by atoms with E-state index in [0.29, 0.717) is 0 Å². The van der Waals surface area contributed by atoms with Crippen LogP contribution in [0.4, 0.5) is 5.69 Å². The SMILES string of the molecule is CCCCCCCCn1c(C)c(C(=C2C(C)=[N+](C)c3ccccc32)c2ccccc2C(C)=O)c2ccccc21. The molecule has 5 rings (SSSR count). The summed E-state index contributed by atoms with van der Waals surface area (Å²) >= 11 is 0. The molecule has 3 nitrogen and oxygen atoms in total. The van der Waals surface area contributed by atoms with Gasteiger partial charge in [-0.2, -0.15) is 4.58 Å². The Morgan fingerprint density at radius 1 is 0.795 bits per heavy atom. The molecule has 0 bridgehead atoms. The monoisotopic (exact) mass is 517 g/mol. The molecular weight excluding hydrogens is 476 g/mol. The highest BCUT2D eigenvalue weighted by molar-refractivity contribution is 6.34. The summed E-state index contributed by atoms with van der Waals surface area (Å²) in [5.74, 6) is 0.0921. The predicted molar refractivity (Wildman–Crippen MR) is 165 cm³/mol. The summed E-state index contributed by atoms with van der Waals surface area (Å²) < 4.78 is 4.80. The first-order valence-electron chi connectivity index (χ1n) is 14.6. The van der Waals surface area contributed by atoms with Crippen LogP contribution >= 0.6 is 0 Å². The van der Waals surface area contributed by atoms with Gasteiger partial charge in [0.1, 0.15) is 7.05 Å². The summed E-state index contributed by atoms with van der Waals surface area (Å²) in [7, 11) is 2.14. The molecule has 39 heavy (non-hydrogen) atoms. The lowest BCUT2D eigenvalue weighted by Gasteiger charge is -2.16. The molecule has 0 spiro atoms. The number of fused-ring (bicyclic) bond motifs is 2. The van der Waals surface area contributed by atoms with E-state index in [0.717, 1.165) is 23.2 Å². The van der Waals surface area contributed by atoms with Crippen molar-refractivity contribution in [3.05, 3.63) is 101 Å². The fraction of sp³-hybridized carbons (Fsp3) is 0.333. The second-order valence-corrected chi connectivity index (χ2v) is 10.9. The van der Waals surface area contributed by atoms with Crippen LogP contribution in [0.25, 0.3) is 22.0 Å². The number of aromatic nitrogens is 1. The minimum absolute atomic E-state index is 0.0921. The van der Waals surface area contributed by atoms with Crippen LogP contribution in [-0.2, 0) is 6.54 Å². The van der Waals surface area contributed by atoms with Crippen molar-refractivity contribution in [1.29, 1.82) is 0 Å². The molecule has 4 aromatic rings. The van der Waals surface area contributed by atoms with Gasteiger partial charge in [0.15, 0.2) is 11.5 Å². The number of aryl methyl sites for hydroxylation is 1. The van der Waals surface area contributed by atoms with Crippen LogP contribution in [0.2, 0.25) is 0 Å². The number of carbonyl (C=O) groups is 1. The van der Waals surface area contributed by atoms with Gasteiger partial charge in [0.2, 0.25) is 5.69 Å². The van der Waals surface area contributed by atoms with Gasteiger partial charge in [-0.05, 0) is 38.0 Å². The normalized spacial score (nSPS) is 14.3. The van der Waals surface area contributed by atoms with Crippen LogP contribution in [-0.4, -0.2) is 27.7 Å². The summed E-state index contributed by atoms with van der Waals surface area (Å²) in [5, 5.41) is 1.25. The number of benzene rings is 3. The highest BCUT2D eigenvalue weighted by Gasteiger charge is 2.34. The van der Waals surface area contributed by atoms with E-state index in [4.69, 9.17) is 0 Å². The van der Waals surface area contributed by atoms with Gasteiger partial charge in [-0.15, -0.1) is 0 Å². The molecule has 1 aliphatic rings. The average molecular weight is 518 g/mol. The van der Waals surface area contributed by atoms with Crippen LogP contribution in [0.3, 0.4) is 0 Å². The molecule has 0 amide bonds. The number of rotatable bonds is 10. The van der Waals surface area contributed by atoms with Crippen molar-refractivity contribution in [2.24, 2.45) is 0 Å². The fourth-order valence-corrected chi connectivity index (χ4v) is 6.32. The lowest BCUT2D eigenvalue weighted by molar-refractivity contribution is -0.401. The van der Waals surface area contributed by atoms with Gasteiger partial charge < -0.3 is 4.57 Å². The van der Waals surface area contributed by atoms with Gasteiger partial charge in [-0.25, -0.2) is 0 Å². The van der Waals surface area contributed by atoms with E-state index < -0.39 is 0 Å². The summed E-state index contributed by atoms with van der Waals surface area (Å²) in [6.07, 6.45) is 7.67. The molecule has 200 valence electrons. The first kappa shape index (κ1) is 26.9. The third-order valence-corrected chi connectivity index (χ3v) is 8.44. The van der Waals surface area contributed by atoms with E-state index in [1.807, 2.05) is 12.1 Å². The van der Waals surface area contributed by atoms with Crippen molar-refractivity contribution in [3.63, 3.8) is 0 Å². The lowest BCUT2D eigenvalue weighted by atomic mass is 9.84. The molecule has 0 fully saturated rings. The number of allylic oxidation sites excluding steroid dienone is 1. The molecule has 0 unspecified atom stereocenters. The lowest BCUT2D eigenvalue weighted by Crippen LogP contribution is -2.08. The van der Waals surface area contributed by atoms with E-state index >= 15 is 0 Å². The van der Waals surface area contributed by atoms with Gasteiger partial charge in [0.25, 0.3) is 0 Å². The highest BCUT2D eigenvalue weighted by atomic mass is 16.1. The molecule has 0 radical (unpaired) electrons. The van der Waals surface area contributed by atoms with Crippen molar-refractivity contribution in [2.45, 2.75) is 72.8 Å². The van der Waals surface area contributed by atoms with E-state index in [1.54, 1.807) is 6.92 Å². The molecule has 1 aromatic heterocycles. The van der Waals surface area contributed by atoms with Crippen LogP contribution in [0, 0.1) is 6.92 Å². The summed E-state index contributed by atoms with van der Waals surface area (Å²) in [4.78, 5) is 13.0. The fourth-order valence-electron chi connectivity index (χ4n) is 6.32. The maximum atomic E-state index is 13.0. The van der Waals surface area contributed by atoms with Crippen LogP contribution in [0.5, 0.6) is 0 Å². The number of Topliss-reactive ketones (excluding diaryl/α,β-unsaturated/α-hetero) is 1. The second kappa shape index (κ2) is 11.6. The van der Waals surface area contributed by atoms with Crippen molar-refractivity contribution in [3.8, 4) is 0 Å². The minimum Gasteiger partial charge on any atom is -0.344 e. The van der Waals surface area contributed by atoms with Crippen molar-refractivity contribution in [2.75, 3.05) is 7.05 Å². The van der Waals surface area contributed by atoms with Gasteiger partial charge in [0, 0.05) is 52.8 Å². The number of nitrogens with zero attached hydrogens (tertiary/aromatic N) is 2. The van der Waals surface area contributed by atoms with Crippen LogP contribution < -0.4 is 0 Å². The first-order chi connectivity index (χ1) is 19.0. The first-order valence-corrected chi connectivity index (χ1v) is 14.6. The van der Waals surface area contributed by atoms with Crippen molar-refractivity contribution < 1.29 is 9.37 Å². The molecule has 0 atom stereocenters. The number of unbranched alkanes of at least 4 members (excludes halogenated alkanes) is 5. The number of hydrogen-bond acceptors (Lipinski definition) is 1. The van der Waals surface area contributed by atoms with Gasteiger partial charge in [-0.3, -0.25) is 4.79 Å². The Morgan fingerprint density at radius 3 is 2.21 bits per heavy atom. The zero-order chi connectivity index (χ0) is 27.5. The minimum atomic E-state index is 0.0921. The molecule has 0 aliphatic carbocycles. The Bertz CT molecular complexity index is 1600. The molecule has 1 aliphatic heterocycles. The third-order valence-electron chi connectivity index (χ3n) is 8.44. The van der Waals surface area contributed by atoms with Crippen molar-refractivity contribution >= 4 is 39.2 Å². The van der Waals surface area contributed by atoms with Crippen molar-refractivity contribution in [1.82, 2.24) is 4.57 Å². The number of ketones is 1.